The van der Waals surface area contributed by atoms with Crippen LogP contribution >= 0.6 is 0 Å². The fourth-order valence-electron chi connectivity index (χ4n) is 3.80. The molecule has 8 nitrogen and oxygen atoms in total. The molecule has 0 radical (unpaired) electrons. The van der Waals surface area contributed by atoms with Crippen LogP contribution in [0, 0.1) is 0 Å². The molecule has 0 aliphatic heterocycles. The third kappa shape index (κ3) is 9.27. The van der Waals surface area contributed by atoms with Crippen LogP contribution in [-0.4, -0.2) is 74.7 Å². The lowest BCUT2D eigenvalue weighted by Crippen LogP contribution is -2.28. The van der Waals surface area contributed by atoms with Crippen molar-refractivity contribution >= 4 is 32.6 Å². The molecule has 0 saturated carbocycles. The molecule has 0 saturated heterocycles. The fraction of sp³-hybridized carbons (Fsp3) is 0.241. The average molecular weight is 589 g/mol. The lowest BCUT2D eigenvalue weighted by Gasteiger charge is -2.19. The molecule has 41 heavy (non-hydrogen) atoms. The number of anilines is 1. The molecule has 2 N–H and O–H groups in total. The number of aromatic nitrogens is 1. The van der Waals surface area contributed by atoms with Gasteiger partial charge in [-0.3, -0.25) is 9.71 Å². The van der Waals surface area contributed by atoms with Crippen LogP contribution in [0.5, 0.6) is 0 Å². The third-order valence-electron chi connectivity index (χ3n) is 5.93. The number of likely N-dealkylation sites (N-methyl/N-ethyl adjacent to an activating group) is 2. The van der Waals surface area contributed by atoms with Gasteiger partial charge in [-0.05, 0) is 62.1 Å². The zero-order valence-corrected chi connectivity index (χ0v) is 23.6. The summed E-state index contributed by atoms with van der Waals surface area (Å²) < 4.78 is 60.5. The van der Waals surface area contributed by atoms with E-state index in [2.05, 4.69) is 64.9 Å². The molecule has 12 heteroatoms. The number of hydrogen-bond donors (Lipinski definition) is 2. The van der Waals surface area contributed by atoms with Crippen molar-refractivity contribution < 1.29 is 31.5 Å². The lowest BCUT2D eigenvalue weighted by molar-refractivity contribution is -0.192. The molecule has 4 rings (SSSR count). The van der Waals surface area contributed by atoms with Gasteiger partial charge in [-0.2, -0.15) is 13.2 Å². The summed E-state index contributed by atoms with van der Waals surface area (Å²) in [6.07, 6.45) is -3.48. The Morgan fingerprint density at radius 2 is 1.44 bits per heavy atom. The van der Waals surface area contributed by atoms with E-state index < -0.39 is 22.2 Å². The number of pyridine rings is 1. The Bertz CT molecular complexity index is 1550. The number of nitrogens with one attached hydrogen (secondary N) is 1. The number of carboxylic acid groups (broad SMARTS) is 1. The van der Waals surface area contributed by atoms with E-state index in [9.17, 15) is 21.6 Å². The first-order valence-corrected chi connectivity index (χ1v) is 13.9. The molecule has 1 heterocycles. The van der Waals surface area contributed by atoms with Crippen molar-refractivity contribution in [2.75, 3.05) is 39.0 Å². The van der Waals surface area contributed by atoms with Crippen molar-refractivity contribution in [3.8, 4) is 11.1 Å². The molecule has 1 aromatic heterocycles. The number of alkyl halides is 3. The van der Waals surface area contributed by atoms with E-state index >= 15 is 0 Å². The van der Waals surface area contributed by atoms with E-state index in [0.29, 0.717) is 11.2 Å². The van der Waals surface area contributed by atoms with Crippen LogP contribution in [0.3, 0.4) is 0 Å². The number of halogens is 3. The van der Waals surface area contributed by atoms with E-state index in [1.165, 1.54) is 5.56 Å². The molecule has 0 amide bonds. The fourth-order valence-corrected chi connectivity index (χ4v) is 5.04. The van der Waals surface area contributed by atoms with Crippen molar-refractivity contribution in [3.63, 3.8) is 0 Å². The molecule has 0 aliphatic rings. The molecule has 0 spiro atoms. The quantitative estimate of drug-likeness (QED) is 0.273. The van der Waals surface area contributed by atoms with E-state index in [0.717, 1.165) is 36.1 Å². The number of rotatable bonds is 9. The van der Waals surface area contributed by atoms with Crippen LogP contribution in [0.4, 0.5) is 18.9 Å². The van der Waals surface area contributed by atoms with Gasteiger partial charge in [0, 0.05) is 36.9 Å². The molecular weight excluding hydrogens is 557 g/mol. The molecule has 0 aliphatic carbocycles. The van der Waals surface area contributed by atoms with Gasteiger partial charge in [-0.25, -0.2) is 13.2 Å². The second-order valence-corrected chi connectivity index (χ2v) is 11.2. The van der Waals surface area contributed by atoms with E-state index in [1.807, 2.05) is 24.3 Å². The van der Waals surface area contributed by atoms with Gasteiger partial charge >= 0.3 is 12.1 Å². The Balaban J connectivity index is 0.000000587. The van der Waals surface area contributed by atoms with Crippen LogP contribution < -0.4 is 4.72 Å². The first-order valence-electron chi connectivity index (χ1n) is 12.5. The zero-order valence-electron chi connectivity index (χ0n) is 22.8. The molecule has 0 bridgehead atoms. The second kappa shape index (κ2) is 13.6. The normalized spacial score (nSPS) is 11.8. The predicted molar refractivity (Wildman–Crippen MR) is 153 cm³/mol. The second-order valence-electron chi connectivity index (χ2n) is 9.56. The molecule has 0 fully saturated rings. The Morgan fingerprint density at radius 3 is 2.00 bits per heavy atom. The molecule has 0 unspecified atom stereocenters. The highest BCUT2D eigenvalue weighted by molar-refractivity contribution is 7.93. The van der Waals surface area contributed by atoms with Crippen molar-refractivity contribution in [2.45, 2.75) is 17.6 Å². The van der Waals surface area contributed by atoms with Gasteiger partial charge in [-0.15, -0.1) is 0 Å². The van der Waals surface area contributed by atoms with Gasteiger partial charge in [0.2, 0.25) is 0 Å². The van der Waals surface area contributed by atoms with Gasteiger partial charge in [0.1, 0.15) is 4.90 Å². The highest BCUT2D eigenvalue weighted by Crippen LogP contribution is 2.26. The van der Waals surface area contributed by atoms with Gasteiger partial charge in [0.25, 0.3) is 10.0 Å². The Morgan fingerprint density at radius 1 is 0.878 bits per heavy atom. The number of para-hydroxylation sites is 1. The number of sulfonamides is 1. The maximum Gasteiger partial charge on any atom is 0.490 e. The third-order valence-corrected chi connectivity index (χ3v) is 7.35. The molecule has 3 aromatic carbocycles. The topological polar surface area (TPSA) is 103 Å². The number of carbonyl (C=O) groups is 1. The van der Waals surface area contributed by atoms with Gasteiger partial charge < -0.3 is 14.9 Å². The standard InChI is InChI=1S/C27H30N4O2S.C2HF3O2/c1-30(2)18-19-31(3)20-21-9-11-22(12-10-21)23-13-15-25(16-14-23)29-34(32,33)26-8-4-6-24-7-5-17-28-27(24)26;3-2(4,5)1(6)7/h4-17,29H,18-20H2,1-3H3;(H,6,7). The van der Waals surface area contributed by atoms with Crippen molar-refractivity contribution in [3.05, 3.63) is 90.6 Å². The van der Waals surface area contributed by atoms with E-state index in [4.69, 9.17) is 9.90 Å². The number of aliphatic carboxylic acids is 1. The van der Waals surface area contributed by atoms with Gasteiger partial charge in [0.05, 0.1) is 5.52 Å². The first-order chi connectivity index (χ1) is 19.3. The zero-order chi connectivity index (χ0) is 30.2. The van der Waals surface area contributed by atoms with Crippen LogP contribution in [-0.2, 0) is 21.4 Å². The summed E-state index contributed by atoms with van der Waals surface area (Å²) >= 11 is 0. The number of carboxylic acids is 1. The van der Waals surface area contributed by atoms with Crippen molar-refractivity contribution in [1.29, 1.82) is 0 Å². The summed E-state index contributed by atoms with van der Waals surface area (Å²) in [5, 5.41) is 7.91. The highest BCUT2D eigenvalue weighted by Gasteiger charge is 2.38. The van der Waals surface area contributed by atoms with Crippen LogP contribution in [0.25, 0.3) is 22.0 Å². The molecule has 218 valence electrons. The van der Waals surface area contributed by atoms with Crippen LogP contribution in [0.2, 0.25) is 0 Å². The average Bonchev–Trinajstić information content (AvgIpc) is 2.92. The highest BCUT2D eigenvalue weighted by atomic mass is 32.2. The summed E-state index contributed by atoms with van der Waals surface area (Å²) in [5.41, 5.74) is 4.35. The maximum absolute atomic E-state index is 13.0. The summed E-state index contributed by atoms with van der Waals surface area (Å²) in [6, 6.07) is 24.7. The minimum absolute atomic E-state index is 0.167. The van der Waals surface area contributed by atoms with E-state index in [1.54, 1.807) is 36.5 Å². The van der Waals surface area contributed by atoms with Crippen molar-refractivity contribution in [1.82, 2.24) is 14.8 Å². The van der Waals surface area contributed by atoms with Crippen molar-refractivity contribution in [2.24, 2.45) is 0 Å². The number of nitrogens with zero attached hydrogens (tertiary/aromatic N) is 3. The Hall–Kier alpha value is -4.00. The van der Waals surface area contributed by atoms with Gasteiger partial charge in [0.15, 0.2) is 0 Å². The minimum atomic E-state index is -5.08. The smallest absolute Gasteiger partial charge is 0.475 e. The minimum Gasteiger partial charge on any atom is -0.475 e. The van der Waals surface area contributed by atoms with Crippen LogP contribution in [0.15, 0.2) is 90.0 Å². The number of fused-ring (bicyclic) bond motifs is 1. The summed E-state index contributed by atoms with van der Waals surface area (Å²) in [4.78, 5) is 17.8. The molecule has 0 atom stereocenters. The lowest BCUT2D eigenvalue weighted by atomic mass is 10.0. The molecular formula is C29H31F3N4O4S. The summed E-state index contributed by atoms with van der Waals surface area (Å²) in [7, 11) is 2.53. The monoisotopic (exact) mass is 588 g/mol. The summed E-state index contributed by atoms with van der Waals surface area (Å²) in [6.45, 7) is 2.94. The molecule has 4 aromatic rings. The number of benzene rings is 3. The maximum atomic E-state index is 13.0. The van der Waals surface area contributed by atoms with Gasteiger partial charge in [-0.1, -0.05) is 54.6 Å². The SMILES string of the molecule is CN(C)CCN(C)Cc1ccc(-c2ccc(NS(=O)(=O)c3cccc4cccnc34)cc2)cc1.O=C(O)C(F)(F)F. The Labute approximate surface area is 237 Å². The first kappa shape index (κ1) is 31.5. The van der Waals surface area contributed by atoms with Crippen LogP contribution in [0.1, 0.15) is 5.56 Å². The number of hydrogen-bond acceptors (Lipinski definition) is 6. The Kier molecular flexibility index (Phi) is 10.4. The predicted octanol–water partition coefficient (Wildman–Crippen LogP) is 5.33. The summed E-state index contributed by atoms with van der Waals surface area (Å²) in [5.74, 6) is -2.76. The van der Waals surface area contributed by atoms with E-state index in [-0.39, 0.29) is 4.90 Å². The largest absolute Gasteiger partial charge is 0.490 e.